The first-order valence-corrected chi connectivity index (χ1v) is 6.47. The number of carbonyl (C=O) groups excluding carboxylic acids is 2. The van der Waals surface area contributed by atoms with Crippen LogP contribution in [0.2, 0.25) is 0 Å². The SMILES string of the molecule is CCCC(C)C(=O)N(C)c1ccccc1C(=O)OC. The predicted octanol–water partition coefficient (Wildman–Crippen LogP) is 2.87. The summed E-state index contributed by atoms with van der Waals surface area (Å²) in [6.45, 7) is 3.95. The van der Waals surface area contributed by atoms with E-state index in [2.05, 4.69) is 0 Å². The maximum atomic E-state index is 12.3. The quantitative estimate of drug-likeness (QED) is 0.767. The van der Waals surface area contributed by atoms with Crippen molar-refractivity contribution in [3.8, 4) is 0 Å². The van der Waals surface area contributed by atoms with E-state index in [4.69, 9.17) is 4.74 Å². The molecule has 4 heteroatoms. The molecule has 0 aromatic heterocycles. The van der Waals surface area contributed by atoms with Crippen LogP contribution in [-0.2, 0) is 9.53 Å². The van der Waals surface area contributed by atoms with E-state index < -0.39 is 5.97 Å². The fraction of sp³-hybridized carbons (Fsp3) is 0.467. The number of para-hydroxylation sites is 1. The fourth-order valence-corrected chi connectivity index (χ4v) is 2.05. The van der Waals surface area contributed by atoms with Crippen LogP contribution in [0, 0.1) is 5.92 Å². The molecular formula is C15H21NO3. The monoisotopic (exact) mass is 263 g/mol. The highest BCUT2D eigenvalue weighted by atomic mass is 16.5. The van der Waals surface area contributed by atoms with Gasteiger partial charge in [0, 0.05) is 13.0 Å². The zero-order chi connectivity index (χ0) is 14.4. The predicted molar refractivity (Wildman–Crippen MR) is 75.3 cm³/mol. The van der Waals surface area contributed by atoms with Crippen molar-refractivity contribution in [1.82, 2.24) is 0 Å². The summed E-state index contributed by atoms with van der Waals surface area (Å²) < 4.78 is 4.74. The van der Waals surface area contributed by atoms with Gasteiger partial charge < -0.3 is 9.64 Å². The van der Waals surface area contributed by atoms with Crippen molar-refractivity contribution >= 4 is 17.6 Å². The lowest BCUT2D eigenvalue weighted by Gasteiger charge is -2.23. The lowest BCUT2D eigenvalue weighted by Crippen LogP contribution is -2.32. The second-order valence-corrected chi connectivity index (χ2v) is 4.60. The molecule has 1 aromatic rings. The third-order valence-corrected chi connectivity index (χ3v) is 3.14. The van der Waals surface area contributed by atoms with Crippen LogP contribution in [0.1, 0.15) is 37.0 Å². The molecule has 0 fully saturated rings. The van der Waals surface area contributed by atoms with Crippen molar-refractivity contribution < 1.29 is 14.3 Å². The molecule has 0 radical (unpaired) electrons. The van der Waals surface area contributed by atoms with E-state index in [1.54, 1.807) is 31.3 Å². The van der Waals surface area contributed by atoms with Gasteiger partial charge in [0.2, 0.25) is 5.91 Å². The number of carbonyl (C=O) groups is 2. The number of hydrogen-bond donors (Lipinski definition) is 0. The van der Waals surface area contributed by atoms with Crippen molar-refractivity contribution in [2.45, 2.75) is 26.7 Å². The molecule has 0 saturated heterocycles. The largest absolute Gasteiger partial charge is 0.465 e. The minimum atomic E-state index is -0.432. The highest BCUT2D eigenvalue weighted by molar-refractivity contribution is 6.02. The van der Waals surface area contributed by atoms with Gasteiger partial charge in [-0.25, -0.2) is 4.79 Å². The minimum Gasteiger partial charge on any atom is -0.465 e. The molecule has 0 aliphatic carbocycles. The Morgan fingerprint density at radius 1 is 1.32 bits per heavy atom. The molecule has 0 heterocycles. The van der Waals surface area contributed by atoms with Crippen molar-refractivity contribution in [3.63, 3.8) is 0 Å². The summed E-state index contributed by atoms with van der Waals surface area (Å²) in [4.78, 5) is 25.5. The average Bonchev–Trinajstić information content (AvgIpc) is 2.45. The van der Waals surface area contributed by atoms with E-state index in [0.717, 1.165) is 12.8 Å². The first kappa shape index (κ1) is 15.2. The van der Waals surface area contributed by atoms with Gasteiger partial charge in [-0.2, -0.15) is 0 Å². The summed E-state index contributed by atoms with van der Waals surface area (Å²) in [5.41, 5.74) is 0.992. The molecule has 1 rings (SSSR count). The molecule has 19 heavy (non-hydrogen) atoms. The van der Waals surface area contributed by atoms with Gasteiger partial charge in [0.05, 0.1) is 18.4 Å². The van der Waals surface area contributed by atoms with E-state index >= 15 is 0 Å². The van der Waals surface area contributed by atoms with Crippen LogP contribution < -0.4 is 4.90 Å². The number of esters is 1. The van der Waals surface area contributed by atoms with Gasteiger partial charge in [0.15, 0.2) is 0 Å². The number of benzene rings is 1. The van der Waals surface area contributed by atoms with E-state index in [1.165, 1.54) is 12.0 Å². The zero-order valence-electron chi connectivity index (χ0n) is 12.0. The Balaban J connectivity index is 3.02. The van der Waals surface area contributed by atoms with Crippen LogP contribution in [-0.4, -0.2) is 26.0 Å². The van der Waals surface area contributed by atoms with Crippen LogP contribution in [0.3, 0.4) is 0 Å². The van der Waals surface area contributed by atoms with Crippen molar-refractivity contribution in [1.29, 1.82) is 0 Å². The maximum absolute atomic E-state index is 12.3. The van der Waals surface area contributed by atoms with Gasteiger partial charge >= 0.3 is 5.97 Å². The Hall–Kier alpha value is -1.84. The molecule has 1 aromatic carbocycles. The molecule has 0 aliphatic heterocycles. The van der Waals surface area contributed by atoms with E-state index in [9.17, 15) is 9.59 Å². The molecule has 4 nitrogen and oxygen atoms in total. The molecule has 0 saturated carbocycles. The van der Waals surface area contributed by atoms with E-state index in [0.29, 0.717) is 11.3 Å². The second kappa shape index (κ2) is 6.92. The molecule has 1 amide bonds. The van der Waals surface area contributed by atoms with Crippen molar-refractivity contribution in [3.05, 3.63) is 29.8 Å². The van der Waals surface area contributed by atoms with E-state index in [-0.39, 0.29) is 11.8 Å². The Morgan fingerprint density at radius 2 is 1.95 bits per heavy atom. The maximum Gasteiger partial charge on any atom is 0.339 e. The molecule has 1 atom stereocenters. The summed E-state index contributed by atoms with van der Waals surface area (Å²) in [5.74, 6) is -0.475. The van der Waals surface area contributed by atoms with Crippen LogP contribution in [0.25, 0.3) is 0 Å². The standard InChI is InChI=1S/C15H21NO3/c1-5-8-11(2)14(17)16(3)13-10-7-6-9-12(13)15(18)19-4/h6-7,9-11H,5,8H2,1-4H3. The molecule has 1 unspecified atom stereocenters. The number of rotatable bonds is 5. The normalized spacial score (nSPS) is 11.8. The van der Waals surface area contributed by atoms with Gasteiger partial charge in [-0.05, 0) is 18.6 Å². The topological polar surface area (TPSA) is 46.6 Å². The van der Waals surface area contributed by atoms with Crippen LogP contribution in [0.15, 0.2) is 24.3 Å². The Bertz CT molecular complexity index is 456. The first-order valence-electron chi connectivity index (χ1n) is 6.47. The lowest BCUT2D eigenvalue weighted by molar-refractivity contribution is -0.121. The smallest absolute Gasteiger partial charge is 0.339 e. The summed E-state index contributed by atoms with van der Waals surface area (Å²) in [6, 6.07) is 6.97. The van der Waals surface area contributed by atoms with Gasteiger partial charge in [-0.3, -0.25) is 4.79 Å². The molecule has 0 spiro atoms. The number of ether oxygens (including phenoxy) is 1. The Kier molecular flexibility index (Phi) is 5.55. The highest BCUT2D eigenvalue weighted by Crippen LogP contribution is 2.22. The summed E-state index contributed by atoms with van der Waals surface area (Å²) in [6.07, 6.45) is 1.79. The number of methoxy groups -OCH3 is 1. The number of anilines is 1. The third kappa shape index (κ3) is 3.56. The Morgan fingerprint density at radius 3 is 2.53 bits per heavy atom. The zero-order valence-corrected chi connectivity index (χ0v) is 12.0. The number of amides is 1. The van der Waals surface area contributed by atoms with Crippen LogP contribution >= 0.6 is 0 Å². The Labute approximate surface area is 114 Å². The first-order chi connectivity index (χ1) is 9.02. The third-order valence-electron chi connectivity index (χ3n) is 3.14. The lowest BCUT2D eigenvalue weighted by atomic mass is 10.0. The highest BCUT2D eigenvalue weighted by Gasteiger charge is 2.22. The molecule has 0 bridgehead atoms. The molecule has 0 aliphatic rings. The van der Waals surface area contributed by atoms with Crippen molar-refractivity contribution in [2.75, 3.05) is 19.1 Å². The van der Waals surface area contributed by atoms with Gasteiger partial charge in [-0.15, -0.1) is 0 Å². The molecule has 0 N–H and O–H groups in total. The van der Waals surface area contributed by atoms with Crippen molar-refractivity contribution in [2.24, 2.45) is 5.92 Å². The van der Waals surface area contributed by atoms with Crippen LogP contribution in [0.4, 0.5) is 5.69 Å². The number of hydrogen-bond acceptors (Lipinski definition) is 3. The van der Waals surface area contributed by atoms with Crippen LogP contribution in [0.5, 0.6) is 0 Å². The fourth-order valence-electron chi connectivity index (χ4n) is 2.05. The van der Waals surface area contributed by atoms with Gasteiger partial charge in [0.25, 0.3) is 0 Å². The van der Waals surface area contributed by atoms with Gasteiger partial charge in [0.1, 0.15) is 0 Å². The molecular weight excluding hydrogens is 242 g/mol. The summed E-state index contributed by atoms with van der Waals surface area (Å²) in [5, 5.41) is 0. The second-order valence-electron chi connectivity index (χ2n) is 4.60. The number of nitrogens with zero attached hydrogens (tertiary/aromatic N) is 1. The molecule has 104 valence electrons. The van der Waals surface area contributed by atoms with E-state index in [1.807, 2.05) is 13.8 Å². The van der Waals surface area contributed by atoms with Gasteiger partial charge in [-0.1, -0.05) is 32.4 Å². The summed E-state index contributed by atoms with van der Waals surface area (Å²) in [7, 11) is 3.02. The minimum absolute atomic E-state index is 0.0122. The average molecular weight is 263 g/mol. The summed E-state index contributed by atoms with van der Waals surface area (Å²) >= 11 is 0.